The predicted molar refractivity (Wildman–Crippen MR) is 67.2 cm³/mol. The molecule has 1 atom stereocenters. The van der Waals surface area contributed by atoms with E-state index in [1.807, 2.05) is 6.20 Å². The summed E-state index contributed by atoms with van der Waals surface area (Å²) in [6.07, 6.45) is 4.86. The van der Waals surface area contributed by atoms with Gasteiger partial charge < -0.3 is 15.2 Å². The Bertz CT molecular complexity index is 267. The Morgan fingerprint density at radius 2 is 2.19 bits per heavy atom. The summed E-state index contributed by atoms with van der Waals surface area (Å²) in [5.41, 5.74) is 0. The van der Waals surface area contributed by atoms with Crippen LogP contribution in [0.1, 0.15) is 26.1 Å². The fourth-order valence-corrected chi connectivity index (χ4v) is 1.77. The van der Waals surface area contributed by atoms with Gasteiger partial charge in [-0.2, -0.15) is 0 Å². The molecule has 92 valence electrons. The molecule has 1 aromatic heterocycles. The molecule has 0 aliphatic carbocycles. The lowest BCUT2D eigenvalue weighted by molar-refractivity contribution is 0.246. The van der Waals surface area contributed by atoms with Crippen LogP contribution >= 0.6 is 0 Å². The monoisotopic (exact) mass is 224 g/mol. The molecule has 2 N–H and O–H groups in total. The van der Waals surface area contributed by atoms with E-state index in [1.165, 1.54) is 6.42 Å². The smallest absolute Gasteiger partial charge is 0.120 e. The lowest BCUT2D eigenvalue weighted by Crippen LogP contribution is -2.38. The normalized spacial score (nSPS) is 13.6. The third-order valence-electron chi connectivity index (χ3n) is 2.70. The van der Waals surface area contributed by atoms with Crippen molar-refractivity contribution < 1.29 is 0 Å². The molecular weight excluding hydrogens is 200 g/mol. The van der Waals surface area contributed by atoms with E-state index >= 15 is 0 Å². The summed E-state index contributed by atoms with van der Waals surface area (Å²) >= 11 is 0. The van der Waals surface area contributed by atoms with Gasteiger partial charge in [-0.05, 0) is 26.4 Å². The van der Waals surface area contributed by atoms with E-state index in [9.17, 15) is 0 Å². The van der Waals surface area contributed by atoms with Crippen LogP contribution in [0, 0.1) is 5.92 Å². The first-order valence-corrected chi connectivity index (χ1v) is 5.95. The summed E-state index contributed by atoms with van der Waals surface area (Å²) < 4.78 is 0. The quantitative estimate of drug-likeness (QED) is 0.737. The molecule has 0 radical (unpaired) electrons. The lowest BCUT2D eigenvalue weighted by Gasteiger charge is -2.26. The van der Waals surface area contributed by atoms with Crippen molar-refractivity contribution >= 4 is 0 Å². The van der Waals surface area contributed by atoms with Crippen molar-refractivity contribution in [1.82, 2.24) is 20.2 Å². The number of nitrogens with one attached hydrogen (secondary N) is 2. The molecule has 0 bridgehead atoms. The van der Waals surface area contributed by atoms with Crippen LogP contribution in [0.4, 0.5) is 0 Å². The number of aromatic nitrogens is 2. The molecule has 1 heterocycles. The van der Waals surface area contributed by atoms with Crippen LogP contribution in [0.25, 0.3) is 0 Å². The molecule has 0 saturated carbocycles. The molecule has 0 aliphatic heterocycles. The minimum absolute atomic E-state index is 0.593. The van der Waals surface area contributed by atoms with E-state index in [4.69, 9.17) is 0 Å². The Labute approximate surface area is 98.5 Å². The largest absolute Gasteiger partial charge is 0.348 e. The molecular formula is C12H24N4. The van der Waals surface area contributed by atoms with Crippen LogP contribution in [0.2, 0.25) is 0 Å². The molecule has 1 rings (SSSR count). The van der Waals surface area contributed by atoms with Crippen molar-refractivity contribution in [1.29, 1.82) is 0 Å². The highest BCUT2D eigenvalue weighted by Crippen LogP contribution is 2.08. The van der Waals surface area contributed by atoms with Crippen LogP contribution in [0.15, 0.2) is 12.4 Å². The zero-order chi connectivity index (χ0) is 12.0. The van der Waals surface area contributed by atoms with Gasteiger partial charge in [-0.1, -0.05) is 13.8 Å². The van der Waals surface area contributed by atoms with Crippen LogP contribution in [0.3, 0.4) is 0 Å². The van der Waals surface area contributed by atoms with Gasteiger partial charge in [0, 0.05) is 25.0 Å². The number of likely N-dealkylation sites (N-methyl/N-ethyl adjacent to an activating group) is 1. The molecule has 0 aliphatic rings. The maximum absolute atomic E-state index is 4.19. The number of H-pyrrole nitrogens is 1. The Morgan fingerprint density at radius 3 is 2.69 bits per heavy atom. The van der Waals surface area contributed by atoms with Gasteiger partial charge in [0.25, 0.3) is 0 Å². The SMILES string of the molecule is CC(C)CC(CNCc1ncc[nH]1)N(C)C. The molecule has 0 amide bonds. The number of hydrogen-bond donors (Lipinski definition) is 2. The lowest BCUT2D eigenvalue weighted by atomic mass is 10.0. The third-order valence-corrected chi connectivity index (χ3v) is 2.70. The first-order chi connectivity index (χ1) is 7.59. The molecule has 4 nitrogen and oxygen atoms in total. The molecule has 16 heavy (non-hydrogen) atoms. The highest BCUT2D eigenvalue weighted by Gasteiger charge is 2.12. The highest BCUT2D eigenvalue weighted by atomic mass is 15.1. The average molecular weight is 224 g/mol. The molecule has 0 fully saturated rings. The minimum Gasteiger partial charge on any atom is -0.348 e. The van der Waals surface area contributed by atoms with E-state index in [-0.39, 0.29) is 0 Å². The summed E-state index contributed by atoms with van der Waals surface area (Å²) in [6, 6.07) is 0.593. The first-order valence-electron chi connectivity index (χ1n) is 5.95. The van der Waals surface area contributed by atoms with Gasteiger partial charge >= 0.3 is 0 Å². The molecule has 4 heteroatoms. The van der Waals surface area contributed by atoms with E-state index in [2.05, 4.69) is 48.1 Å². The molecule has 1 aromatic rings. The second kappa shape index (κ2) is 6.66. The van der Waals surface area contributed by atoms with Gasteiger partial charge in [-0.15, -0.1) is 0 Å². The average Bonchev–Trinajstić information content (AvgIpc) is 2.68. The molecule has 1 unspecified atom stereocenters. The van der Waals surface area contributed by atoms with Crippen LogP contribution in [-0.4, -0.2) is 41.5 Å². The van der Waals surface area contributed by atoms with Crippen molar-refractivity contribution in [3.8, 4) is 0 Å². The summed E-state index contributed by atoms with van der Waals surface area (Å²) in [5, 5.41) is 3.44. The summed E-state index contributed by atoms with van der Waals surface area (Å²) in [6.45, 7) is 6.35. The van der Waals surface area contributed by atoms with Crippen molar-refractivity contribution in [3.05, 3.63) is 18.2 Å². The summed E-state index contributed by atoms with van der Waals surface area (Å²) in [4.78, 5) is 9.57. The van der Waals surface area contributed by atoms with Gasteiger partial charge in [-0.3, -0.25) is 0 Å². The predicted octanol–water partition coefficient (Wildman–Crippen LogP) is 1.48. The number of imidazole rings is 1. The van der Waals surface area contributed by atoms with Gasteiger partial charge in [0.2, 0.25) is 0 Å². The topological polar surface area (TPSA) is 44.0 Å². The fraction of sp³-hybridized carbons (Fsp3) is 0.750. The minimum atomic E-state index is 0.593. The molecule has 0 aromatic carbocycles. The Kier molecular flexibility index (Phi) is 5.49. The van der Waals surface area contributed by atoms with Gasteiger partial charge in [0.1, 0.15) is 5.82 Å². The second-order valence-electron chi connectivity index (χ2n) is 4.91. The van der Waals surface area contributed by atoms with Gasteiger partial charge in [0.05, 0.1) is 6.54 Å². The Morgan fingerprint density at radius 1 is 1.44 bits per heavy atom. The van der Waals surface area contributed by atoms with Crippen molar-refractivity contribution in [3.63, 3.8) is 0 Å². The number of rotatable bonds is 7. The number of aromatic amines is 1. The van der Waals surface area contributed by atoms with E-state index in [0.717, 1.165) is 24.8 Å². The first kappa shape index (κ1) is 13.2. The highest BCUT2D eigenvalue weighted by molar-refractivity contribution is 4.86. The zero-order valence-corrected chi connectivity index (χ0v) is 10.8. The van der Waals surface area contributed by atoms with E-state index in [1.54, 1.807) is 6.20 Å². The molecule has 0 spiro atoms. The third kappa shape index (κ3) is 4.77. The second-order valence-corrected chi connectivity index (χ2v) is 4.91. The maximum atomic E-state index is 4.19. The zero-order valence-electron chi connectivity index (χ0n) is 10.8. The maximum Gasteiger partial charge on any atom is 0.120 e. The Hall–Kier alpha value is -0.870. The van der Waals surface area contributed by atoms with Crippen LogP contribution < -0.4 is 5.32 Å². The van der Waals surface area contributed by atoms with E-state index < -0.39 is 0 Å². The van der Waals surface area contributed by atoms with Crippen molar-refractivity contribution in [2.24, 2.45) is 5.92 Å². The van der Waals surface area contributed by atoms with E-state index in [0.29, 0.717) is 6.04 Å². The van der Waals surface area contributed by atoms with Crippen molar-refractivity contribution in [2.45, 2.75) is 32.9 Å². The summed E-state index contributed by atoms with van der Waals surface area (Å²) in [5.74, 6) is 1.74. The van der Waals surface area contributed by atoms with Crippen LogP contribution in [0.5, 0.6) is 0 Å². The van der Waals surface area contributed by atoms with Gasteiger partial charge in [0.15, 0.2) is 0 Å². The fourth-order valence-electron chi connectivity index (χ4n) is 1.77. The standard InChI is InChI=1S/C12H24N4/c1-10(2)7-11(16(3)4)8-13-9-12-14-5-6-15-12/h5-6,10-11,13H,7-9H2,1-4H3,(H,14,15). The summed E-state index contributed by atoms with van der Waals surface area (Å²) in [7, 11) is 4.28. The van der Waals surface area contributed by atoms with Gasteiger partial charge in [-0.25, -0.2) is 4.98 Å². The Balaban J connectivity index is 2.27. The van der Waals surface area contributed by atoms with Crippen LogP contribution in [-0.2, 0) is 6.54 Å². The van der Waals surface area contributed by atoms with Crippen molar-refractivity contribution in [2.75, 3.05) is 20.6 Å². The number of hydrogen-bond acceptors (Lipinski definition) is 3. The molecule has 0 saturated heterocycles. The number of nitrogens with zero attached hydrogens (tertiary/aromatic N) is 2.